The number of aliphatic carboxylic acids is 2. The van der Waals surface area contributed by atoms with Gasteiger partial charge >= 0.3 is 11.9 Å². The summed E-state index contributed by atoms with van der Waals surface area (Å²) in [6, 6.07) is 5.64. The third kappa shape index (κ3) is 5.64. The van der Waals surface area contributed by atoms with Gasteiger partial charge in [0.2, 0.25) is 5.91 Å². The van der Waals surface area contributed by atoms with E-state index in [1.807, 2.05) is 12.1 Å². The number of benzene rings is 1. The van der Waals surface area contributed by atoms with Crippen molar-refractivity contribution in [3.63, 3.8) is 0 Å². The summed E-state index contributed by atoms with van der Waals surface area (Å²) in [5.41, 5.74) is 1.21. The second kappa shape index (κ2) is 10.3. The molecule has 3 saturated heterocycles. The van der Waals surface area contributed by atoms with E-state index in [-0.39, 0.29) is 17.9 Å². The summed E-state index contributed by atoms with van der Waals surface area (Å²) in [7, 11) is 0. The van der Waals surface area contributed by atoms with Crippen molar-refractivity contribution in [1.29, 1.82) is 0 Å². The minimum Gasteiger partial charge on any atom is -0.489 e. The monoisotopic (exact) mass is 445 g/mol. The first-order valence-electron chi connectivity index (χ1n) is 10.5. The summed E-state index contributed by atoms with van der Waals surface area (Å²) in [5.74, 6) is -1.55. The van der Waals surface area contributed by atoms with Gasteiger partial charge in [0.25, 0.3) is 5.91 Å². The maximum Gasteiger partial charge on any atom is 0.328 e. The molecule has 1 unspecified atom stereocenters. The van der Waals surface area contributed by atoms with Crippen molar-refractivity contribution < 1.29 is 34.1 Å². The van der Waals surface area contributed by atoms with Gasteiger partial charge in [0.15, 0.2) is 5.75 Å². The van der Waals surface area contributed by atoms with Crippen molar-refractivity contribution in [3.8, 4) is 5.75 Å². The molecule has 1 aromatic carbocycles. The number of ether oxygens (including phenoxy) is 1. The molecular formula is C22H27N3O7. The molecule has 0 aliphatic carbocycles. The second-order valence-electron chi connectivity index (χ2n) is 7.90. The van der Waals surface area contributed by atoms with Crippen LogP contribution in [0, 0.1) is 5.92 Å². The van der Waals surface area contributed by atoms with Crippen LogP contribution in [0.4, 0.5) is 5.69 Å². The average molecular weight is 445 g/mol. The van der Waals surface area contributed by atoms with Gasteiger partial charge in [0.1, 0.15) is 6.61 Å². The Hall–Kier alpha value is -3.40. The molecule has 4 aliphatic rings. The summed E-state index contributed by atoms with van der Waals surface area (Å²) >= 11 is 0. The lowest BCUT2D eigenvalue weighted by Crippen LogP contribution is -2.57. The number of amides is 2. The van der Waals surface area contributed by atoms with Crippen LogP contribution < -0.4 is 15.0 Å². The normalized spacial score (nSPS) is 23.4. The zero-order chi connectivity index (χ0) is 23.3. The van der Waals surface area contributed by atoms with Gasteiger partial charge in [0, 0.05) is 31.7 Å². The first-order chi connectivity index (χ1) is 15.3. The number of rotatable bonds is 4. The van der Waals surface area contributed by atoms with Crippen LogP contribution in [0.25, 0.3) is 0 Å². The lowest BCUT2D eigenvalue weighted by Gasteiger charge is -2.45. The SMILES string of the molecule is CC(=O)N1CCOc2c(C(=O)NC3CN4CCC3CC4)cccc21.O=C(O)C=CC(=O)O. The van der Waals surface area contributed by atoms with Crippen molar-refractivity contribution >= 4 is 29.4 Å². The van der Waals surface area contributed by atoms with E-state index in [9.17, 15) is 19.2 Å². The molecule has 3 N–H and O–H groups in total. The molecule has 5 rings (SSSR count). The van der Waals surface area contributed by atoms with Crippen molar-refractivity contribution in [1.82, 2.24) is 10.2 Å². The van der Waals surface area contributed by atoms with Crippen LogP contribution in [0.5, 0.6) is 5.75 Å². The van der Waals surface area contributed by atoms with E-state index < -0.39 is 11.9 Å². The first kappa shape index (κ1) is 23.3. The lowest BCUT2D eigenvalue weighted by molar-refractivity contribution is -0.134. The van der Waals surface area contributed by atoms with Gasteiger partial charge in [-0.05, 0) is 44.0 Å². The number of hydrogen-bond donors (Lipinski definition) is 3. The highest BCUT2D eigenvalue weighted by Crippen LogP contribution is 2.35. The van der Waals surface area contributed by atoms with Gasteiger partial charge in [-0.1, -0.05) is 6.07 Å². The van der Waals surface area contributed by atoms with Crippen LogP contribution in [0.1, 0.15) is 30.1 Å². The summed E-state index contributed by atoms with van der Waals surface area (Å²) in [5, 5.41) is 18.8. The average Bonchev–Trinajstić information content (AvgIpc) is 2.78. The number of carbonyl (C=O) groups is 4. The topological polar surface area (TPSA) is 136 Å². The number of piperidine rings is 3. The zero-order valence-corrected chi connectivity index (χ0v) is 17.8. The summed E-state index contributed by atoms with van der Waals surface area (Å²) < 4.78 is 5.74. The molecule has 172 valence electrons. The van der Waals surface area contributed by atoms with Crippen LogP contribution in [0.3, 0.4) is 0 Å². The number of para-hydroxylation sites is 1. The van der Waals surface area contributed by atoms with Gasteiger partial charge in [-0.15, -0.1) is 0 Å². The fourth-order valence-corrected chi connectivity index (χ4v) is 4.27. The maximum atomic E-state index is 12.8. The Kier molecular flexibility index (Phi) is 7.47. The smallest absolute Gasteiger partial charge is 0.328 e. The van der Waals surface area contributed by atoms with Crippen molar-refractivity contribution in [2.24, 2.45) is 5.92 Å². The minimum atomic E-state index is -1.26. The number of carboxylic acid groups (broad SMARTS) is 2. The standard InChI is InChI=1S/C18H23N3O3.C4H4O4/c1-12(22)21-9-10-24-17-14(3-2-4-16(17)21)18(23)19-15-11-20-7-5-13(15)6-8-20;5-3(6)1-2-4(7)8/h2-4,13,15H,5-11H2,1H3,(H,19,23);1-2H,(H,5,6)(H,7,8). The molecule has 10 heteroatoms. The van der Waals surface area contributed by atoms with Gasteiger partial charge in [0.05, 0.1) is 17.8 Å². The molecule has 2 amide bonds. The predicted octanol–water partition coefficient (Wildman–Crippen LogP) is 0.968. The van der Waals surface area contributed by atoms with E-state index in [0.717, 1.165) is 32.5 Å². The second-order valence-corrected chi connectivity index (χ2v) is 7.90. The predicted molar refractivity (Wildman–Crippen MR) is 115 cm³/mol. The molecule has 3 fully saturated rings. The number of anilines is 1. The number of fused-ring (bicyclic) bond motifs is 4. The Balaban J connectivity index is 0.000000312. The van der Waals surface area contributed by atoms with Crippen LogP contribution in [-0.2, 0) is 14.4 Å². The van der Waals surface area contributed by atoms with Crippen LogP contribution in [-0.4, -0.2) is 77.7 Å². The molecular weight excluding hydrogens is 418 g/mol. The van der Waals surface area contributed by atoms with E-state index in [4.69, 9.17) is 14.9 Å². The lowest BCUT2D eigenvalue weighted by atomic mass is 9.84. The van der Waals surface area contributed by atoms with Crippen LogP contribution in [0.2, 0.25) is 0 Å². The molecule has 4 aliphatic heterocycles. The number of carboxylic acids is 2. The Bertz CT molecular complexity index is 906. The van der Waals surface area contributed by atoms with E-state index in [1.165, 1.54) is 6.92 Å². The summed E-state index contributed by atoms with van der Waals surface area (Å²) in [6.45, 7) is 5.70. The molecule has 10 nitrogen and oxygen atoms in total. The van der Waals surface area contributed by atoms with E-state index in [0.29, 0.717) is 48.2 Å². The molecule has 32 heavy (non-hydrogen) atoms. The molecule has 4 heterocycles. The summed E-state index contributed by atoms with van der Waals surface area (Å²) in [4.78, 5) is 47.8. The molecule has 0 saturated carbocycles. The van der Waals surface area contributed by atoms with Gasteiger partial charge in [-0.2, -0.15) is 0 Å². The van der Waals surface area contributed by atoms with E-state index >= 15 is 0 Å². The highest BCUT2D eigenvalue weighted by Gasteiger charge is 2.35. The summed E-state index contributed by atoms with van der Waals surface area (Å²) in [6.07, 6.45) is 3.43. The van der Waals surface area contributed by atoms with Crippen molar-refractivity contribution in [3.05, 3.63) is 35.9 Å². The quantitative estimate of drug-likeness (QED) is 0.583. The maximum absolute atomic E-state index is 12.8. The van der Waals surface area contributed by atoms with E-state index in [1.54, 1.807) is 11.0 Å². The Labute approximate surface area is 185 Å². The van der Waals surface area contributed by atoms with Crippen molar-refractivity contribution in [2.75, 3.05) is 37.7 Å². The number of nitrogens with one attached hydrogen (secondary N) is 1. The fraction of sp³-hybridized carbons (Fsp3) is 0.455. The van der Waals surface area contributed by atoms with Crippen LogP contribution >= 0.6 is 0 Å². The first-order valence-corrected chi connectivity index (χ1v) is 10.5. The minimum absolute atomic E-state index is 0.0329. The third-order valence-corrected chi connectivity index (χ3v) is 5.81. The van der Waals surface area contributed by atoms with Gasteiger partial charge in [-0.3, -0.25) is 9.59 Å². The largest absolute Gasteiger partial charge is 0.489 e. The highest BCUT2D eigenvalue weighted by molar-refractivity contribution is 6.02. The number of nitrogens with zero attached hydrogens (tertiary/aromatic N) is 2. The fourth-order valence-electron chi connectivity index (χ4n) is 4.27. The van der Waals surface area contributed by atoms with Gasteiger partial charge < -0.3 is 30.1 Å². The molecule has 1 aromatic rings. The Morgan fingerprint density at radius 2 is 1.72 bits per heavy atom. The Morgan fingerprint density at radius 1 is 1.06 bits per heavy atom. The van der Waals surface area contributed by atoms with Crippen molar-refractivity contribution in [2.45, 2.75) is 25.8 Å². The zero-order valence-electron chi connectivity index (χ0n) is 17.8. The number of hydrogen-bond acceptors (Lipinski definition) is 6. The molecule has 2 bridgehead atoms. The van der Waals surface area contributed by atoms with Gasteiger partial charge in [-0.25, -0.2) is 9.59 Å². The molecule has 0 spiro atoms. The Morgan fingerprint density at radius 3 is 2.25 bits per heavy atom. The number of carbonyl (C=O) groups excluding carboxylic acids is 2. The van der Waals surface area contributed by atoms with E-state index in [2.05, 4.69) is 10.2 Å². The molecule has 0 radical (unpaired) electrons. The highest BCUT2D eigenvalue weighted by atomic mass is 16.5. The molecule has 0 aromatic heterocycles. The van der Waals surface area contributed by atoms with Crippen LogP contribution in [0.15, 0.2) is 30.4 Å². The molecule has 1 atom stereocenters. The third-order valence-electron chi connectivity index (χ3n) is 5.81.